The first-order valence-corrected chi connectivity index (χ1v) is 7.06. The van der Waals surface area contributed by atoms with E-state index in [0.29, 0.717) is 39.4 Å². The van der Waals surface area contributed by atoms with Crippen LogP contribution in [0.15, 0.2) is 0 Å². The van der Waals surface area contributed by atoms with Crippen LogP contribution in [0.4, 0.5) is 0 Å². The zero-order valence-corrected chi connectivity index (χ0v) is 12.0. The van der Waals surface area contributed by atoms with Crippen LogP contribution in [-0.2, 0) is 19.1 Å². The summed E-state index contributed by atoms with van der Waals surface area (Å²) in [5, 5.41) is 0. The average Bonchev–Trinajstić information content (AvgIpc) is 2.50. The molecule has 2 heterocycles. The smallest absolute Gasteiger partial charge is 0.319 e. The molecule has 2 saturated heterocycles. The van der Waals surface area contributed by atoms with Crippen LogP contribution < -0.4 is 0 Å². The molecule has 0 unspecified atom stereocenters. The standard InChI is InChI=1S/C13H23N3O4/c1-19-13(18)11-15-4-2-14(3-5-15)10-12(17)16-6-8-20-9-7-16/h2-11H2,1H3. The number of rotatable bonds is 4. The maximum atomic E-state index is 12.1. The highest BCUT2D eigenvalue weighted by molar-refractivity contribution is 5.78. The molecule has 0 bridgehead atoms. The predicted octanol–water partition coefficient (Wildman–Crippen LogP) is -1.36. The van der Waals surface area contributed by atoms with E-state index >= 15 is 0 Å². The quantitative estimate of drug-likeness (QED) is 0.594. The van der Waals surface area contributed by atoms with Crippen molar-refractivity contribution in [2.75, 3.05) is 72.7 Å². The fourth-order valence-corrected chi connectivity index (χ4v) is 2.46. The van der Waals surface area contributed by atoms with E-state index in [0.717, 1.165) is 26.2 Å². The number of carbonyl (C=O) groups excluding carboxylic acids is 2. The number of hydrogen-bond donors (Lipinski definition) is 0. The summed E-state index contributed by atoms with van der Waals surface area (Å²) in [6, 6.07) is 0. The molecule has 0 radical (unpaired) electrons. The number of morpholine rings is 1. The van der Waals surface area contributed by atoms with E-state index in [1.807, 2.05) is 4.90 Å². The van der Waals surface area contributed by atoms with E-state index in [1.54, 1.807) is 0 Å². The van der Waals surface area contributed by atoms with Gasteiger partial charge in [0.2, 0.25) is 5.91 Å². The van der Waals surface area contributed by atoms with Gasteiger partial charge in [-0.15, -0.1) is 0 Å². The Hall–Kier alpha value is -1.18. The van der Waals surface area contributed by atoms with Gasteiger partial charge in [0.25, 0.3) is 0 Å². The molecule has 0 aromatic heterocycles. The second-order valence-electron chi connectivity index (χ2n) is 5.12. The molecule has 0 spiro atoms. The Labute approximate surface area is 119 Å². The van der Waals surface area contributed by atoms with Crippen LogP contribution in [0.25, 0.3) is 0 Å². The number of esters is 1. The van der Waals surface area contributed by atoms with Crippen molar-refractivity contribution in [1.82, 2.24) is 14.7 Å². The first kappa shape index (κ1) is 15.2. The highest BCUT2D eigenvalue weighted by Gasteiger charge is 2.23. The van der Waals surface area contributed by atoms with Gasteiger partial charge >= 0.3 is 5.97 Å². The van der Waals surface area contributed by atoms with E-state index in [2.05, 4.69) is 14.5 Å². The van der Waals surface area contributed by atoms with E-state index in [-0.39, 0.29) is 11.9 Å². The van der Waals surface area contributed by atoms with Crippen molar-refractivity contribution >= 4 is 11.9 Å². The third-order valence-electron chi connectivity index (χ3n) is 3.77. The lowest BCUT2D eigenvalue weighted by Crippen LogP contribution is -2.52. The Kier molecular flexibility index (Phi) is 5.75. The van der Waals surface area contributed by atoms with E-state index < -0.39 is 0 Å². The second-order valence-corrected chi connectivity index (χ2v) is 5.12. The summed E-state index contributed by atoms with van der Waals surface area (Å²) in [6.45, 7) is 6.69. The van der Waals surface area contributed by atoms with Crippen LogP contribution in [-0.4, -0.2) is 99.3 Å². The van der Waals surface area contributed by atoms with Gasteiger partial charge < -0.3 is 14.4 Å². The minimum atomic E-state index is -0.206. The summed E-state index contributed by atoms with van der Waals surface area (Å²) in [5.74, 6) is -0.0300. The lowest BCUT2D eigenvalue weighted by molar-refractivity contribution is -0.143. The highest BCUT2D eigenvalue weighted by atomic mass is 16.5. The van der Waals surface area contributed by atoms with Crippen LogP contribution in [0, 0.1) is 0 Å². The van der Waals surface area contributed by atoms with Crippen molar-refractivity contribution in [3.8, 4) is 0 Å². The van der Waals surface area contributed by atoms with Crippen LogP contribution in [0.3, 0.4) is 0 Å². The minimum Gasteiger partial charge on any atom is -0.468 e. The summed E-state index contributed by atoms with van der Waals surface area (Å²) in [6.07, 6.45) is 0. The largest absolute Gasteiger partial charge is 0.468 e. The SMILES string of the molecule is COC(=O)CN1CCN(CC(=O)N2CCOCC2)CC1. The number of methoxy groups -OCH3 is 1. The molecule has 2 aliphatic heterocycles. The topological polar surface area (TPSA) is 62.3 Å². The van der Waals surface area contributed by atoms with Gasteiger partial charge in [0.1, 0.15) is 0 Å². The third-order valence-corrected chi connectivity index (χ3v) is 3.77. The van der Waals surface area contributed by atoms with Crippen LogP contribution >= 0.6 is 0 Å². The Morgan fingerprint density at radius 1 is 0.950 bits per heavy atom. The number of nitrogens with zero attached hydrogens (tertiary/aromatic N) is 3. The molecule has 0 N–H and O–H groups in total. The van der Waals surface area contributed by atoms with Crippen LogP contribution in [0.1, 0.15) is 0 Å². The van der Waals surface area contributed by atoms with Gasteiger partial charge in [0.15, 0.2) is 0 Å². The number of amides is 1. The van der Waals surface area contributed by atoms with Crippen molar-refractivity contribution in [2.45, 2.75) is 0 Å². The van der Waals surface area contributed by atoms with E-state index in [9.17, 15) is 9.59 Å². The molecule has 7 nitrogen and oxygen atoms in total. The molecule has 20 heavy (non-hydrogen) atoms. The maximum absolute atomic E-state index is 12.1. The number of carbonyl (C=O) groups is 2. The van der Waals surface area contributed by atoms with Gasteiger partial charge in [0, 0.05) is 39.3 Å². The van der Waals surface area contributed by atoms with Crippen molar-refractivity contribution < 1.29 is 19.1 Å². The van der Waals surface area contributed by atoms with Gasteiger partial charge in [-0.1, -0.05) is 0 Å². The second kappa shape index (κ2) is 7.56. The lowest BCUT2D eigenvalue weighted by atomic mass is 10.3. The molecule has 0 aliphatic carbocycles. The summed E-state index contributed by atoms with van der Waals surface area (Å²) >= 11 is 0. The van der Waals surface area contributed by atoms with Crippen molar-refractivity contribution in [3.05, 3.63) is 0 Å². The van der Waals surface area contributed by atoms with Gasteiger partial charge in [-0.2, -0.15) is 0 Å². The van der Waals surface area contributed by atoms with Crippen molar-refractivity contribution in [3.63, 3.8) is 0 Å². The number of ether oxygens (including phenoxy) is 2. The summed E-state index contributed by atoms with van der Waals surface area (Å²) < 4.78 is 9.90. The molecule has 2 aliphatic rings. The number of piperazine rings is 1. The predicted molar refractivity (Wildman–Crippen MR) is 72.3 cm³/mol. The third kappa shape index (κ3) is 4.43. The first-order chi connectivity index (χ1) is 9.69. The molecule has 2 fully saturated rings. The maximum Gasteiger partial charge on any atom is 0.319 e. The first-order valence-electron chi connectivity index (χ1n) is 7.06. The number of hydrogen-bond acceptors (Lipinski definition) is 6. The lowest BCUT2D eigenvalue weighted by Gasteiger charge is -2.35. The molecular formula is C13H23N3O4. The molecular weight excluding hydrogens is 262 g/mol. The average molecular weight is 285 g/mol. The van der Waals surface area contributed by atoms with E-state index in [1.165, 1.54) is 7.11 Å². The fraction of sp³-hybridized carbons (Fsp3) is 0.846. The van der Waals surface area contributed by atoms with Crippen LogP contribution in [0.5, 0.6) is 0 Å². The molecule has 1 amide bonds. The summed E-state index contributed by atoms with van der Waals surface area (Å²) in [5.41, 5.74) is 0. The van der Waals surface area contributed by atoms with Gasteiger partial charge in [-0.05, 0) is 0 Å². The molecule has 2 rings (SSSR count). The van der Waals surface area contributed by atoms with Crippen LogP contribution in [0.2, 0.25) is 0 Å². The molecule has 7 heteroatoms. The van der Waals surface area contributed by atoms with Gasteiger partial charge in [-0.25, -0.2) is 0 Å². The Balaban J connectivity index is 1.68. The Bertz CT molecular complexity index is 337. The zero-order chi connectivity index (χ0) is 14.4. The molecule has 0 aromatic carbocycles. The van der Waals surface area contributed by atoms with E-state index in [4.69, 9.17) is 4.74 Å². The monoisotopic (exact) mass is 285 g/mol. The molecule has 0 atom stereocenters. The van der Waals surface area contributed by atoms with Crippen molar-refractivity contribution in [1.29, 1.82) is 0 Å². The normalized spacial score (nSPS) is 21.8. The highest BCUT2D eigenvalue weighted by Crippen LogP contribution is 2.04. The summed E-state index contributed by atoms with van der Waals surface area (Å²) in [7, 11) is 1.40. The van der Waals surface area contributed by atoms with Crippen molar-refractivity contribution in [2.24, 2.45) is 0 Å². The minimum absolute atomic E-state index is 0.176. The molecule has 0 saturated carbocycles. The van der Waals surface area contributed by atoms with Gasteiger partial charge in [0.05, 0.1) is 33.4 Å². The molecule has 114 valence electrons. The Morgan fingerprint density at radius 2 is 1.50 bits per heavy atom. The summed E-state index contributed by atoms with van der Waals surface area (Å²) in [4.78, 5) is 29.4. The zero-order valence-electron chi connectivity index (χ0n) is 12.0. The fourth-order valence-electron chi connectivity index (χ4n) is 2.46. The van der Waals surface area contributed by atoms with Gasteiger partial charge in [-0.3, -0.25) is 19.4 Å². The molecule has 0 aromatic rings. The Morgan fingerprint density at radius 3 is 2.05 bits per heavy atom.